The van der Waals surface area contributed by atoms with Gasteiger partial charge in [0.15, 0.2) is 0 Å². The fourth-order valence-corrected chi connectivity index (χ4v) is 28.5. The molecule has 0 N–H and O–H groups in total. The predicted octanol–water partition coefficient (Wildman–Crippen LogP) is 8.03. The molecule has 23 heavy (non-hydrogen) atoms. The molecule has 8 heteroatoms. The second-order valence-electron chi connectivity index (χ2n) is 7.12. The van der Waals surface area contributed by atoms with E-state index in [1.165, 1.54) is 6.42 Å². The van der Waals surface area contributed by atoms with Crippen LogP contribution in [0.3, 0.4) is 0 Å². The molecule has 0 aliphatic rings. The molecule has 0 spiro atoms. The molecule has 0 aliphatic heterocycles. The molecular weight excluding hydrogens is 913 g/mol. The van der Waals surface area contributed by atoms with E-state index in [9.17, 15) is 0 Å². The number of alkyl halides is 1. The maximum Gasteiger partial charge on any atom is 0 e. The summed E-state index contributed by atoms with van der Waals surface area (Å²) in [6.07, 6.45) is 4.63. The summed E-state index contributed by atoms with van der Waals surface area (Å²) in [4.78, 5) is 0. The summed E-state index contributed by atoms with van der Waals surface area (Å²) in [5.41, 5.74) is 15.2. The van der Waals surface area contributed by atoms with Gasteiger partial charge >= 0.3 is 195 Å². The second-order valence-corrected chi connectivity index (χ2v) is 71.8. The first-order valence-corrected chi connectivity index (χ1v) is 39.7. The van der Waals surface area contributed by atoms with Gasteiger partial charge in [-0.3, -0.25) is 0 Å². The van der Waals surface area contributed by atoms with Crippen LogP contribution in [0.1, 0.15) is 19.3 Å². The Kier molecular flexibility index (Phi) is 19.5. The molecule has 0 saturated heterocycles. The predicted molar refractivity (Wildman–Crippen MR) is 142 cm³/mol. The van der Waals surface area contributed by atoms with Gasteiger partial charge in [-0.2, -0.15) is 0 Å². The van der Waals surface area contributed by atoms with Gasteiger partial charge in [-0.1, -0.05) is 0 Å². The molecule has 0 saturated carbocycles. The number of hydrogen-bond donors (Lipinski definition) is 0. The van der Waals surface area contributed by atoms with Crippen LogP contribution in [0.25, 0.3) is 0 Å². The van der Waals surface area contributed by atoms with Crippen LogP contribution in [0.5, 0.6) is 0 Å². The Morgan fingerprint density at radius 3 is 1.48 bits per heavy atom. The number of hydrogen-bond acceptors (Lipinski definition) is 0. The maximum atomic E-state index is 3.07. The van der Waals surface area contributed by atoms with Gasteiger partial charge in [0.25, 0.3) is 0 Å². The normalized spacial score (nSPS) is 15.6. The first-order chi connectivity index (χ1) is 9.94. The fourth-order valence-electron chi connectivity index (χ4n) is 2.44. The first kappa shape index (κ1) is 30.2. The van der Waals surface area contributed by atoms with E-state index in [4.69, 9.17) is 0 Å². The van der Waals surface area contributed by atoms with Crippen molar-refractivity contribution in [1.29, 1.82) is 0 Å². The Balaban J connectivity index is 0. The van der Waals surface area contributed by atoms with Gasteiger partial charge in [0.2, 0.25) is 0 Å². The van der Waals surface area contributed by atoms with Gasteiger partial charge in [-0.25, -0.2) is 0 Å². The molecule has 0 nitrogen and oxygen atoms in total. The largest absolute Gasteiger partial charge is 0 e. The maximum absolute atomic E-state index is 3.07. The fraction of sp³-hybridized carbons (Fsp3) is 1.00. The van der Waals surface area contributed by atoms with E-state index in [-0.39, 0.29) is 17.4 Å². The van der Waals surface area contributed by atoms with Gasteiger partial charge in [-0.05, 0) is 0 Å². The minimum atomic E-state index is -2.07. The average Bonchev–Trinajstić information content (AvgIpc) is 2.35. The quantitative estimate of drug-likeness (QED) is 0.106. The zero-order valence-corrected chi connectivity index (χ0v) is 30.8. The van der Waals surface area contributed by atoms with E-state index < -0.39 is 49.7 Å². The zero-order valence-electron chi connectivity index (χ0n) is 15.6. The standard InChI is InChI=1S/C15H35As4I3.Cr/c1-16(2)10-7-12-19(21,22,13-8-11-17(3)4)14-9-15(20)18(5)6;/h15H,7-14H2,1-6H3;. The van der Waals surface area contributed by atoms with Gasteiger partial charge < -0.3 is 0 Å². The SMILES string of the molecule is C[As](C)CCC[As](I)(I)(CCC[As](C)C)CCC(I)[As](C)C.[Cr]. The molecule has 142 valence electrons. The third-order valence-corrected chi connectivity index (χ3v) is 41.3. The van der Waals surface area contributed by atoms with Gasteiger partial charge in [0.05, 0.1) is 0 Å². The minimum absolute atomic E-state index is 0. The van der Waals surface area contributed by atoms with Gasteiger partial charge in [0.1, 0.15) is 0 Å². The number of rotatable bonds is 12. The van der Waals surface area contributed by atoms with Crippen LogP contribution in [0.4, 0.5) is 0 Å². The van der Waals surface area contributed by atoms with E-state index in [0.717, 1.165) is 2.71 Å². The monoisotopic (exact) mass is 948 g/mol. The molecule has 0 aromatic heterocycles. The molecule has 0 bridgehead atoms. The molecule has 0 rings (SSSR count). The van der Waals surface area contributed by atoms with Crippen LogP contribution >= 0.6 is 62.8 Å². The average molecular weight is 948 g/mol. The molecule has 0 aromatic carbocycles. The van der Waals surface area contributed by atoms with E-state index in [1.807, 2.05) is 0 Å². The molecule has 0 fully saturated rings. The first-order valence-electron chi connectivity index (χ1n) is 7.99. The summed E-state index contributed by atoms with van der Waals surface area (Å²) in [6, 6.07) is 0. The smallest absolute Gasteiger partial charge is 0 e. The zero-order chi connectivity index (χ0) is 17.4. The van der Waals surface area contributed by atoms with Crippen LogP contribution < -0.4 is 0 Å². The van der Waals surface area contributed by atoms with Crippen molar-refractivity contribution in [3.8, 4) is 0 Å². The van der Waals surface area contributed by atoms with Crippen molar-refractivity contribution < 1.29 is 17.4 Å². The Morgan fingerprint density at radius 2 is 1.17 bits per heavy atom. The van der Waals surface area contributed by atoms with E-state index >= 15 is 0 Å². The molecule has 1 atom stereocenters. The third-order valence-electron chi connectivity index (χ3n) is 3.91. The van der Waals surface area contributed by atoms with Crippen molar-refractivity contribution in [3.05, 3.63) is 0 Å². The summed E-state index contributed by atoms with van der Waals surface area (Å²) in [5.74, 6) is -2.07. The Labute approximate surface area is 208 Å². The summed E-state index contributed by atoms with van der Waals surface area (Å²) < 4.78 is 1.02. The number of halogens is 3. The molecule has 0 heterocycles. The second kappa shape index (κ2) is 14.9. The van der Waals surface area contributed by atoms with Gasteiger partial charge in [0, 0.05) is 17.4 Å². The van der Waals surface area contributed by atoms with Crippen LogP contribution in [-0.2, 0) is 17.4 Å². The van der Waals surface area contributed by atoms with Crippen LogP contribution in [0, 0.1) is 0 Å². The van der Waals surface area contributed by atoms with Crippen molar-refractivity contribution in [2.75, 3.05) is 0 Å². The molecule has 0 amide bonds. The van der Waals surface area contributed by atoms with E-state index in [2.05, 4.69) is 97.1 Å². The molecule has 0 radical (unpaired) electrons. The Bertz CT molecular complexity index is 297. The van der Waals surface area contributed by atoms with Crippen molar-refractivity contribution in [1.82, 2.24) is 0 Å². The van der Waals surface area contributed by atoms with Crippen LogP contribution in [-0.4, -0.2) is 52.4 Å². The Hall–Kier alpha value is 4.96. The molecule has 0 aromatic rings. The van der Waals surface area contributed by atoms with Gasteiger partial charge in [-0.15, -0.1) is 0 Å². The topological polar surface area (TPSA) is 0 Å². The van der Waals surface area contributed by atoms with Crippen molar-refractivity contribution in [2.24, 2.45) is 0 Å². The summed E-state index contributed by atoms with van der Waals surface area (Å²) in [5, 5.41) is 8.03. The van der Waals surface area contributed by atoms with E-state index in [0.29, 0.717) is 0 Å². The Morgan fingerprint density at radius 1 is 0.783 bits per heavy atom. The summed E-state index contributed by atoms with van der Waals surface area (Å²) in [6.45, 7) is 0. The molecule has 0 aliphatic carbocycles. The van der Waals surface area contributed by atoms with Crippen LogP contribution in [0.15, 0.2) is 0 Å². The third kappa shape index (κ3) is 16.4. The van der Waals surface area contributed by atoms with Crippen molar-refractivity contribution in [3.63, 3.8) is 0 Å². The molecule has 1 unspecified atom stereocenters. The van der Waals surface area contributed by atoms with E-state index in [1.54, 1.807) is 38.9 Å². The van der Waals surface area contributed by atoms with Crippen molar-refractivity contribution in [2.45, 2.75) is 82.3 Å². The molecular formula is C15H35As4CrI3. The van der Waals surface area contributed by atoms with Crippen molar-refractivity contribution >= 4 is 113 Å². The minimum Gasteiger partial charge on any atom is 0 e. The van der Waals surface area contributed by atoms with Crippen LogP contribution in [0.2, 0.25) is 60.3 Å². The summed E-state index contributed by atoms with van der Waals surface area (Å²) >= 11 is 7.57. The summed E-state index contributed by atoms with van der Waals surface area (Å²) in [7, 11) is 0.